The van der Waals surface area contributed by atoms with E-state index in [2.05, 4.69) is 5.32 Å². The van der Waals surface area contributed by atoms with Crippen molar-refractivity contribution in [1.29, 1.82) is 0 Å². The second kappa shape index (κ2) is 8.33. The molecule has 0 bridgehead atoms. The fourth-order valence-electron chi connectivity index (χ4n) is 3.08. The van der Waals surface area contributed by atoms with Crippen molar-refractivity contribution in [2.75, 3.05) is 23.4 Å². The van der Waals surface area contributed by atoms with Gasteiger partial charge in [0.15, 0.2) is 5.60 Å². The summed E-state index contributed by atoms with van der Waals surface area (Å²) < 4.78 is 11.5. The van der Waals surface area contributed by atoms with Crippen LogP contribution in [0.3, 0.4) is 0 Å². The molecule has 148 valence electrons. The molecule has 28 heavy (non-hydrogen) atoms. The lowest BCUT2D eigenvalue weighted by Crippen LogP contribution is -2.53. The van der Waals surface area contributed by atoms with Gasteiger partial charge in [-0.05, 0) is 44.5 Å². The smallest absolute Gasteiger partial charge is 0.270 e. The Labute approximate surface area is 165 Å². The number of ether oxygens (including phenoxy) is 2. The van der Waals surface area contributed by atoms with E-state index in [4.69, 9.17) is 9.47 Å². The zero-order valence-corrected chi connectivity index (χ0v) is 16.5. The summed E-state index contributed by atoms with van der Waals surface area (Å²) in [6, 6.07) is 14.7. The minimum atomic E-state index is -0.967. The normalized spacial score (nSPS) is 14.8. The van der Waals surface area contributed by atoms with Crippen LogP contribution in [0.5, 0.6) is 11.5 Å². The quantitative estimate of drug-likeness (QED) is 0.786. The summed E-state index contributed by atoms with van der Waals surface area (Å²) in [4.78, 5) is 27.0. The Morgan fingerprint density at radius 1 is 1.14 bits per heavy atom. The first-order chi connectivity index (χ1) is 13.4. The molecule has 0 atom stereocenters. The topological polar surface area (TPSA) is 67.9 Å². The highest BCUT2D eigenvalue weighted by Crippen LogP contribution is 2.37. The van der Waals surface area contributed by atoms with Crippen molar-refractivity contribution in [1.82, 2.24) is 0 Å². The lowest BCUT2D eigenvalue weighted by atomic mass is 10.0. The first-order valence-corrected chi connectivity index (χ1v) is 9.54. The zero-order valence-electron chi connectivity index (χ0n) is 16.5. The van der Waals surface area contributed by atoms with Gasteiger partial charge in [-0.1, -0.05) is 31.2 Å². The molecular formula is C22H26N2O4. The molecule has 0 spiro atoms. The predicted octanol–water partition coefficient (Wildman–Crippen LogP) is 4.01. The Kier molecular flexibility index (Phi) is 5.87. The lowest BCUT2D eigenvalue weighted by Gasteiger charge is -2.38. The number of hydrogen-bond acceptors (Lipinski definition) is 4. The van der Waals surface area contributed by atoms with Crippen molar-refractivity contribution < 1.29 is 19.1 Å². The summed E-state index contributed by atoms with van der Waals surface area (Å²) in [5, 5.41) is 2.89. The average molecular weight is 382 g/mol. The molecule has 0 aromatic heterocycles. The van der Waals surface area contributed by atoms with Crippen molar-refractivity contribution in [2.24, 2.45) is 0 Å². The van der Waals surface area contributed by atoms with Gasteiger partial charge in [0.05, 0.1) is 18.0 Å². The Balaban J connectivity index is 1.69. The van der Waals surface area contributed by atoms with Gasteiger partial charge >= 0.3 is 0 Å². The molecule has 1 aliphatic rings. The van der Waals surface area contributed by atoms with Gasteiger partial charge in [0, 0.05) is 13.0 Å². The summed E-state index contributed by atoms with van der Waals surface area (Å²) >= 11 is 0. The summed E-state index contributed by atoms with van der Waals surface area (Å²) in [5.41, 5.74) is 0.354. The maximum absolute atomic E-state index is 12.8. The minimum absolute atomic E-state index is 0.161. The SMILES string of the molecule is CCCOc1ccccc1NC(=O)CCN1C(=O)C(C)(C)Oc2ccccc21. The maximum atomic E-state index is 12.8. The third-order valence-corrected chi connectivity index (χ3v) is 4.47. The van der Waals surface area contributed by atoms with Crippen molar-refractivity contribution in [3.05, 3.63) is 48.5 Å². The Bertz CT molecular complexity index is 863. The molecule has 6 nitrogen and oxygen atoms in total. The molecule has 0 saturated carbocycles. The van der Waals surface area contributed by atoms with Crippen LogP contribution in [-0.4, -0.2) is 30.6 Å². The molecule has 1 heterocycles. The Hall–Kier alpha value is -3.02. The molecular weight excluding hydrogens is 356 g/mol. The third-order valence-electron chi connectivity index (χ3n) is 4.47. The van der Waals surface area contributed by atoms with Crippen molar-refractivity contribution in [3.63, 3.8) is 0 Å². The molecule has 0 saturated heterocycles. The highest BCUT2D eigenvalue weighted by Gasteiger charge is 2.40. The van der Waals surface area contributed by atoms with E-state index in [0.29, 0.717) is 29.5 Å². The largest absolute Gasteiger partial charge is 0.491 e. The number of para-hydroxylation sites is 4. The highest BCUT2D eigenvalue weighted by molar-refractivity contribution is 6.03. The van der Waals surface area contributed by atoms with Crippen molar-refractivity contribution in [2.45, 2.75) is 39.2 Å². The minimum Gasteiger partial charge on any atom is -0.491 e. The molecule has 0 fully saturated rings. The van der Waals surface area contributed by atoms with Gasteiger partial charge in [-0.25, -0.2) is 0 Å². The first-order valence-electron chi connectivity index (χ1n) is 9.54. The van der Waals surface area contributed by atoms with Gasteiger partial charge in [-0.3, -0.25) is 9.59 Å². The van der Waals surface area contributed by atoms with E-state index < -0.39 is 5.60 Å². The number of nitrogens with zero attached hydrogens (tertiary/aromatic N) is 1. The number of hydrogen-bond donors (Lipinski definition) is 1. The van der Waals surface area contributed by atoms with Crippen LogP contribution in [0.4, 0.5) is 11.4 Å². The number of carbonyl (C=O) groups is 2. The second-order valence-corrected chi connectivity index (χ2v) is 7.18. The highest BCUT2D eigenvalue weighted by atomic mass is 16.5. The molecule has 0 radical (unpaired) electrons. The third kappa shape index (κ3) is 4.27. The first kappa shape index (κ1) is 19.7. The summed E-state index contributed by atoms with van der Waals surface area (Å²) in [5.74, 6) is 0.949. The fraction of sp³-hybridized carbons (Fsp3) is 0.364. The van der Waals surface area contributed by atoms with Crippen LogP contribution in [0, 0.1) is 0 Å². The van der Waals surface area contributed by atoms with E-state index in [1.54, 1.807) is 24.8 Å². The van der Waals surface area contributed by atoms with Gasteiger partial charge in [-0.2, -0.15) is 0 Å². The van der Waals surface area contributed by atoms with Crippen LogP contribution in [-0.2, 0) is 9.59 Å². The second-order valence-electron chi connectivity index (χ2n) is 7.18. The van der Waals surface area contributed by atoms with Crippen LogP contribution in [0.15, 0.2) is 48.5 Å². The molecule has 0 aliphatic carbocycles. The van der Waals surface area contributed by atoms with Gasteiger partial charge in [0.25, 0.3) is 5.91 Å². The molecule has 0 unspecified atom stereocenters. The van der Waals surface area contributed by atoms with Gasteiger partial charge in [0.2, 0.25) is 5.91 Å². The number of benzene rings is 2. The molecule has 3 rings (SSSR count). The summed E-state index contributed by atoms with van der Waals surface area (Å²) in [7, 11) is 0. The van der Waals surface area contributed by atoms with Gasteiger partial charge in [0.1, 0.15) is 11.5 Å². The summed E-state index contributed by atoms with van der Waals surface area (Å²) in [6.45, 7) is 6.35. The van der Waals surface area contributed by atoms with E-state index >= 15 is 0 Å². The predicted molar refractivity (Wildman–Crippen MR) is 109 cm³/mol. The van der Waals surface area contributed by atoms with E-state index in [1.165, 1.54) is 0 Å². The number of rotatable bonds is 7. The molecule has 2 amide bonds. The lowest BCUT2D eigenvalue weighted by molar-refractivity contribution is -0.132. The van der Waals surface area contributed by atoms with Crippen LogP contribution >= 0.6 is 0 Å². The van der Waals surface area contributed by atoms with Crippen LogP contribution < -0.4 is 19.7 Å². The zero-order chi connectivity index (χ0) is 20.1. The Morgan fingerprint density at radius 2 is 1.86 bits per heavy atom. The molecule has 6 heteroatoms. The van der Waals surface area contributed by atoms with E-state index in [0.717, 1.165) is 6.42 Å². The van der Waals surface area contributed by atoms with E-state index in [1.807, 2.05) is 49.4 Å². The number of amides is 2. The van der Waals surface area contributed by atoms with Crippen molar-refractivity contribution in [3.8, 4) is 11.5 Å². The standard InChI is InChI=1S/C22H26N2O4/c1-4-15-27-18-11-7-5-9-16(18)23-20(25)13-14-24-17-10-6-8-12-19(17)28-22(2,3)21(24)26/h5-12H,4,13-15H2,1-3H3,(H,23,25). The van der Waals surface area contributed by atoms with Gasteiger partial charge < -0.3 is 19.7 Å². The number of fused-ring (bicyclic) bond motifs is 1. The van der Waals surface area contributed by atoms with Crippen LogP contribution in [0.1, 0.15) is 33.6 Å². The van der Waals surface area contributed by atoms with E-state index in [9.17, 15) is 9.59 Å². The van der Waals surface area contributed by atoms with Crippen LogP contribution in [0.25, 0.3) is 0 Å². The average Bonchev–Trinajstić information content (AvgIpc) is 2.67. The van der Waals surface area contributed by atoms with E-state index in [-0.39, 0.29) is 24.8 Å². The summed E-state index contributed by atoms with van der Waals surface area (Å²) in [6.07, 6.45) is 1.05. The van der Waals surface area contributed by atoms with Gasteiger partial charge in [-0.15, -0.1) is 0 Å². The molecule has 1 aliphatic heterocycles. The molecule has 2 aromatic rings. The number of carbonyl (C=O) groups excluding carboxylic acids is 2. The number of anilines is 2. The monoisotopic (exact) mass is 382 g/mol. The van der Waals surface area contributed by atoms with Crippen LogP contribution in [0.2, 0.25) is 0 Å². The molecule has 1 N–H and O–H groups in total. The molecule has 2 aromatic carbocycles. The number of nitrogens with one attached hydrogen (secondary N) is 1. The van der Waals surface area contributed by atoms with Crippen molar-refractivity contribution >= 4 is 23.2 Å². The Morgan fingerprint density at radius 3 is 2.64 bits per heavy atom. The fourth-order valence-corrected chi connectivity index (χ4v) is 3.08. The maximum Gasteiger partial charge on any atom is 0.270 e.